The van der Waals surface area contributed by atoms with Gasteiger partial charge < -0.3 is 4.74 Å². The molecule has 160 valence electrons. The number of esters is 1. The number of anilines is 1. The van der Waals surface area contributed by atoms with Crippen LogP contribution >= 0.6 is 23.2 Å². The van der Waals surface area contributed by atoms with Crippen LogP contribution in [0.5, 0.6) is 0 Å². The predicted molar refractivity (Wildman–Crippen MR) is 120 cm³/mol. The molecular formula is C24H15Cl2NO5. The minimum atomic E-state index is -1.03. The summed E-state index contributed by atoms with van der Waals surface area (Å²) in [4.78, 5) is 51.7. The van der Waals surface area contributed by atoms with E-state index in [4.69, 9.17) is 27.9 Å². The molecule has 0 aliphatic carbocycles. The molecule has 0 unspecified atom stereocenters. The maximum absolute atomic E-state index is 13.0. The summed E-state index contributed by atoms with van der Waals surface area (Å²) in [5, 5.41) is 0.263. The predicted octanol–water partition coefficient (Wildman–Crippen LogP) is 5.22. The van der Waals surface area contributed by atoms with Crippen molar-refractivity contribution in [1.29, 1.82) is 0 Å². The average Bonchev–Trinajstić information content (AvgIpc) is 3.05. The first-order valence-corrected chi connectivity index (χ1v) is 10.3. The molecule has 0 saturated carbocycles. The SMILES string of the molecule is C[C@@H](OC(=O)c1ccc2c(c1)C(=O)N(c1cccc(Cl)c1Cl)C2=O)C(=O)c1ccccc1. The lowest BCUT2D eigenvalue weighted by Gasteiger charge is -2.15. The second-order valence-corrected chi connectivity index (χ2v) is 7.84. The van der Waals surface area contributed by atoms with Crippen LogP contribution in [-0.4, -0.2) is 29.7 Å². The lowest BCUT2D eigenvalue weighted by molar-refractivity contribution is 0.0318. The first-order chi connectivity index (χ1) is 15.3. The number of amides is 2. The van der Waals surface area contributed by atoms with Crippen molar-refractivity contribution in [3.8, 4) is 0 Å². The molecule has 3 aromatic rings. The van der Waals surface area contributed by atoms with Gasteiger partial charge in [0.05, 0.1) is 32.4 Å². The summed E-state index contributed by atoms with van der Waals surface area (Å²) in [5.74, 6) is -2.36. The minimum absolute atomic E-state index is 0.0301. The van der Waals surface area contributed by atoms with Crippen LogP contribution in [0.3, 0.4) is 0 Å². The molecular weight excluding hydrogens is 453 g/mol. The molecule has 32 heavy (non-hydrogen) atoms. The molecule has 6 nitrogen and oxygen atoms in total. The smallest absolute Gasteiger partial charge is 0.338 e. The highest BCUT2D eigenvalue weighted by Crippen LogP contribution is 2.37. The molecule has 0 aromatic heterocycles. The fraction of sp³-hybridized carbons (Fsp3) is 0.0833. The monoisotopic (exact) mass is 467 g/mol. The lowest BCUT2D eigenvalue weighted by atomic mass is 10.1. The number of carbonyl (C=O) groups is 4. The number of hydrogen-bond donors (Lipinski definition) is 0. The minimum Gasteiger partial charge on any atom is -0.451 e. The van der Waals surface area contributed by atoms with Gasteiger partial charge in [0, 0.05) is 5.56 Å². The van der Waals surface area contributed by atoms with Gasteiger partial charge in [-0.3, -0.25) is 14.4 Å². The molecule has 1 atom stereocenters. The maximum atomic E-state index is 13.0. The van der Waals surface area contributed by atoms with Gasteiger partial charge in [-0.1, -0.05) is 59.6 Å². The number of Topliss-reactive ketones (excluding diaryl/α,β-unsaturated/α-hetero) is 1. The Bertz CT molecular complexity index is 1270. The summed E-state index contributed by atoms with van der Waals surface area (Å²) in [5.41, 5.74) is 0.753. The number of ketones is 1. The van der Waals surface area contributed by atoms with Crippen LogP contribution in [0, 0.1) is 0 Å². The molecule has 8 heteroatoms. The van der Waals surface area contributed by atoms with Crippen LogP contribution in [0.1, 0.15) is 48.4 Å². The number of ether oxygens (including phenoxy) is 1. The molecule has 0 fully saturated rings. The fourth-order valence-corrected chi connectivity index (χ4v) is 3.75. The Morgan fingerprint density at radius 2 is 1.53 bits per heavy atom. The normalized spacial score (nSPS) is 13.7. The second kappa shape index (κ2) is 8.57. The van der Waals surface area contributed by atoms with Crippen molar-refractivity contribution in [1.82, 2.24) is 0 Å². The Morgan fingerprint density at radius 1 is 0.844 bits per heavy atom. The summed E-state index contributed by atoms with van der Waals surface area (Å²) in [7, 11) is 0. The van der Waals surface area contributed by atoms with Gasteiger partial charge in [-0.05, 0) is 37.3 Å². The first-order valence-electron chi connectivity index (χ1n) is 9.56. The van der Waals surface area contributed by atoms with Gasteiger partial charge in [0.25, 0.3) is 11.8 Å². The molecule has 0 bridgehead atoms. The van der Waals surface area contributed by atoms with Crippen molar-refractivity contribution < 1.29 is 23.9 Å². The number of carbonyl (C=O) groups excluding carboxylic acids is 4. The van der Waals surface area contributed by atoms with Crippen molar-refractivity contribution in [2.45, 2.75) is 13.0 Å². The topological polar surface area (TPSA) is 80.8 Å². The van der Waals surface area contributed by atoms with Gasteiger partial charge in [-0.2, -0.15) is 0 Å². The Labute approximate surface area is 193 Å². The highest BCUT2D eigenvalue weighted by Gasteiger charge is 2.38. The highest BCUT2D eigenvalue weighted by molar-refractivity contribution is 6.46. The maximum Gasteiger partial charge on any atom is 0.338 e. The third-order valence-electron chi connectivity index (χ3n) is 5.01. The van der Waals surface area contributed by atoms with E-state index in [2.05, 4.69) is 0 Å². The van der Waals surface area contributed by atoms with Crippen molar-refractivity contribution in [3.05, 3.63) is 99.0 Å². The molecule has 1 aliphatic heterocycles. The van der Waals surface area contributed by atoms with Crippen molar-refractivity contribution in [3.63, 3.8) is 0 Å². The van der Waals surface area contributed by atoms with Gasteiger partial charge >= 0.3 is 5.97 Å². The molecule has 0 radical (unpaired) electrons. The van der Waals surface area contributed by atoms with E-state index in [9.17, 15) is 19.2 Å². The zero-order valence-electron chi connectivity index (χ0n) is 16.7. The summed E-state index contributed by atoms with van der Waals surface area (Å²) in [6.45, 7) is 1.47. The third-order valence-corrected chi connectivity index (χ3v) is 5.81. The quantitative estimate of drug-likeness (QED) is 0.291. The van der Waals surface area contributed by atoms with E-state index in [0.29, 0.717) is 5.56 Å². The second-order valence-electron chi connectivity index (χ2n) is 7.06. The summed E-state index contributed by atoms with van der Waals surface area (Å²) in [6, 6.07) is 17.1. The van der Waals surface area contributed by atoms with Crippen molar-refractivity contribution in [2.75, 3.05) is 4.90 Å². The van der Waals surface area contributed by atoms with Gasteiger partial charge in [-0.15, -0.1) is 0 Å². The number of benzene rings is 3. The van der Waals surface area contributed by atoms with E-state index in [1.165, 1.54) is 37.3 Å². The standard InChI is InChI=1S/C24H15Cl2NO5/c1-13(21(28)14-6-3-2-4-7-14)32-24(31)15-10-11-16-17(12-15)23(30)27(22(16)29)19-9-5-8-18(25)20(19)26/h2-13H,1H3/t13-/m1/s1. The number of halogens is 2. The zero-order valence-corrected chi connectivity index (χ0v) is 18.2. The first kappa shape index (κ1) is 21.7. The Kier molecular flexibility index (Phi) is 5.82. The van der Waals surface area contributed by atoms with E-state index in [0.717, 1.165) is 4.90 Å². The summed E-state index contributed by atoms with van der Waals surface area (Å²) < 4.78 is 5.28. The molecule has 3 aromatic carbocycles. The molecule has 0 spiro atoms. The summed E-state index contributed by atoms with van der Waals surface area (Å²) >= 11 is 12.2. The van der Waals surface area contributed by atoms with Crippen LogP contribution in [0.4, 0.5) is 5.69 Å². The van der Waals surface area contributed by atoms with Crippen molar-refractivity contribution in [2.24, 2.45) is 0 Å². The Balaban J connectivity index is 1.58. The van der Waals surface area contributed by atoms with Crippen LogP contribution < -0.4 is 4.90 Å². The van der Waals surface area contributed by atoms with E-state index < -0.39 is 23.9 Å². The van der Waals surface area contributed by atoms with Crippen molar-refractivity contribution >= 4 is 52.5 Å². The molecule has 2 amide bonds. The van der Waals surface area contributed by atoms with E-state index in [1.807, 2.05) is 0 Å². The van der Waals surface area contributed by atoms with E-state index in [1.54, 1.807) is 36.4 Å². The molecule has 4 rings (SSSR count). The number of rotatable bonds is 5. The van der Waals surface area contributed by atoms with Crippen LogP contribution in [0.2, 0.25) is 10.0 Å². The Morgan fingerprint density at radius 3 is 2.25 bits per heavy atom. The highest BCUT2D eigenvalue weighted by atomic mass is 35.5. The van der Waals surface area contributed by atoms with E-state index >= 15 is 0 Å². The van der Waals surface area contributed by atoms with Crippen LogP contribution in [-0.2, 0) is 4.74 Å². The van der Waals surface area contributed by atoms with Gasteiger partial charge in [0.15, 0.2) is 6.10 Å². The number of hydrogen-bond acceptors (Lipinski definition) is 5. The molecule has 1 heterocycles. The average molecular weight is 468 g/mol. The number of nitrogens with zero attached hydrogens (tertiary/aromatic N) is 1. The van der Waals surface area contributed by atoms with Crippen LogP contribution in [0.15, 0.2) is 66.7 Å². The zero-order chi connectivity index (χ0) is 23.0. The molecule has 0 saturated heterocycles. The Hall–Kier alpha value is -3.48. The summed E-state index contributed by atoms with van der Waals surface area (Å²) in [6.07, 6.45) is -1.03. The van der Waals surface area contributed by atoms with Crippen LogP contribution in [0.25, 0.3) is 0 Å². The van der Waals surface area contributed by atoms with Gasteiger partial charge in [0.2, 0.25) is 5.78 Å². The fourth-order valence-electron chi connectivity index (χ4n) is 3.37. The van der Waals surface area contributed by atoms with Gasteiger partial charge in [-0.25, -0.2) is 9.69 Å². The largest absolute Gasteiger partial charge is 0.451 e. The van der Waals surface area contributed by atoms with Gasteiger partial charge in [0.1, 0.15) is 0 Å². The molecule has 0 N–H and O–H groups in total. The number of imide groups is 1. The number of fused-ring (bicyclic) bond motifs is 1. The van der Waals surface area contributed by atoms with E-state index in [-0.39, 0.29) is 38.2 Å². The third kappa shape index (κ3) is 3.79. The lowest BCUT2D eigenvalue weighted by Crippen LogP contribution is -2.29. The molecule has 1 aliphatic rings.